The molecule has 0 aliphatic carbocycles. The van der Waals surface area contributed by atoms with Gasteiger partial charge in [-0.25, -0.2) is 4.98 Å². The molecule has 19 heavy (non-hydrogen) atoms. The van der Waals surface area contributed by atoms with Crippen LogP contribution in [0.25, 0.3) is 0 Å². The van der Waals surface area contributed by atoms with Gasteiger partial charge in [0.15, 0.2) is 11.7 Å². The summed E-state index contributed by atoms with van der Waals surface area (Å²) in [7, 11) is 0. The van der Waals surface area contributed by atoms with Gasteiger partial charge in [-0.1, -0.05) is 23.2 Å². The maximum Gasteiger partial charge on any atom is 0.264 e. The van der Waals surface area contributed by atoms with Gasteiger partial charge in [-0.3, -0.25) is 10.1 Å². The molecule has 100 valence electrons. The zero-order valence-corrected chi connectivity index (χ0v) is 12.3. The fraction of sp³-hybridized carbons (Fsp3) is 0.167. The second-order valence-electron chi connectivity index (χ2n) is 3.71. The largest absolute Gasteiger partial charge is 0.484 e. The van der Waals surface area contributed by atoms with Crippen LogP contribution in [-0.4, -0.2) is 17.5 Å². The number of anilines is 1. The van der Waals surface area contributed by atoms with Crippen LogP contribution in [0.3, 0.4) is 0 Å². The summed E-state index contributed by atoms with van der Waals surface area (Å²) in [6, 6.07) is 4.82. The van der Waals surface area contributed by atoms with Gasteiger partial charge in [0.25, 0.3) is 5.91 Å². The third kappa shape index (κ3) is 4.09. The predicted molar refractivity (Wildman–Crippen MR) is 77.4 cm³/mol. The molecule has 0 spiro atoms. The first kappa shape index (κ1) is 14.1. The number of hydrogen-bond donors (Lipinski definition) is 1. The second kappa shape index (κ2) is 6.23. The smallest absolute Gasteiger partial charge is 0.264 e. The summed E-state index contributed by atoms with van der Waals surface area (Å²) in [5.74, 6) is 0.209. The van der Waals surface area contributed by atoms with Crippen LogP contribution in [0.5, 0.6) is 5.75 Å². The van der Waals surface area contributed by atoms with Crippen molar-refractivity contribution in [2.45, 2.75) is 6.92 Å². The Kier molecular flexibility index (Phi) is 4.63. The van der Waals surface area contributed by atoms with Gasteiger partial charge in [-0.15, -0.1) is 11.3 Å². The summed E-state index contributed by atoms with van der Waals surface area (Å²) in [5.41, 5.74) is 0.866. The molecule has 2 aromatic rings. The van der Waals surface area contributed by atoms with Crippen LogP contribution >= 0.6 is 34.5 Å². The molecule has 0 unspecified atom stereocenters. The van der Waals surface area contributed by atoms with Gasteiger partial charge in [0.2, 0.25) is 0 Å². The van der Waals surface area contributed by atoms with E-state index >= 15 is 0 Å². The van der Waals surface area contributed by atoms with Gasteiger partial charge in [0.1, 0.15) is 5.75 Å². The molecule has 0 aliphatic rings. The highest BCUT2D eigenvalue weighted by Gasteiger charge is 2.07. The van der Waals surface area contributed by atoms with E-state index in [2.05, 4.69) is 10.3 Å². The van der Waals surface area contributed by atoms with Crippen molar-refractivity contribution in [3.05, 3.63) is 39.3 Å². The lowest BCUT2D eigenvalue weighted by molar-refractivity contribution is -0.118. The molecule has 1 N–H and O–H groups in total. The summed E-state index contributed by atoms with van der Waals surface area (Å²) in [6.07, 6.45) is 0. The first-order valence-corrected chi connectivity index (χ1v) is 6.98. The molecule has 7 heteroatoms. The Morgan fingerprint density at radius 2 is 2.21 bits per heavy atom. The van der Waals surface area contributed by atoms with Crippen molar-refractivity contribution in [3.63, 3.8) is 0 Å². The Balaban J connectivity index is 1.88. The molecule has 0 aliphatic heterocycles. The summed E-state index contributed by atoms with van der Waals surface area (Å²) < 4.78 is 5.30. The summed E-state index contributed by atoms with van der Waals surface area (Å²) in [6.45, 7) is 1.74. The van der Waals surface area contributed by atoms with Crippen molar-refractivity contribution in [1.29, 1.82) is 0 Å². The number of carbonyl (C=O) groups excluding carboxylic acids is 1. The summed E-state index contributed by atoms with van der Waals surface area (Å²) in [4.78, 5) is 15.7. The highest BCUT2D eigenvalue weighted by Crippen LogP contribution is 2.26. The molecule has 0 saturated heterocycles. The number of amides is 1. The van der Waals surface area contributed by atoms with Gasteiger partial charge in [-0.2, -0.15) is 0 Å². The predicted octanol–water partition coefficient (Wildman–Crippen LogP) is 3.78. The lowest BCUT2D eigenvalue weighted by atomic mass is 10.3. The molecule has 4 nitrogen and oxygen atoms in total. The van der Waals surface area contributed by atoms with Gasteiger partial charge in [0.05, 0.1) is 15.7 Å². The highest BCUT2D eigenvalue weighted by atomic mass is 35.5. The number of aromatic nitrogens is 1. The quantitative estimate of drug-likeness (QED) is 0.934. The average molecular weight is 317 g/mol. The number of aryl methyl sites for hydroxylation is 1. The fourth-order valence-electron chi connectivity index (χ4n) is 1.28. The maximum absolute atomic E-state index is 11.6. The lowest BCUT2D eigenvalue weighted by Crippen LogP contribution is -2.20. The lowest BCUT2D eigenvalue weighted by Gasteiger charge is -2.06. The molecule has 0 bridgehead atoms. The third-order valence-electron chi connectivity index (χ3n) is 2.13. The van der Waals surface area contributed by atoms with Crippen molar-refractivity contribution in [2.75, 3.05) is 11.9 Å². The van der Waals surface area contributed by atoms with E-state index < -0.39 is 0 Å². The first-order valence-electron chi connectivity index (χ1n) is 5.34. The highest BCUT2D eigenvalue weighted by molar-refractivity contribution is 7.13. The molecule has 0 radical (unpaired) electrons. The van der Waals surface area contributed by atoms with Crippen molar-refractivity contribution >= 4 is 45.6 Å². The van der Waals surface area contributed by atoms with Gasteiger partial charge in [0, 0.05) is 11.4 Å². The zero-order chi connectivity index (χ0) is 13.8. The number of thiazole rings is 1. The van der Waals surface area contributed by atoms with Gasteiger partial charge < -0.3 is 4.74 Å². The van der Waals surface area contributed by atoms with E-state index in [1.807, 2.05) is 12.3 Å². The number of nitrogens with one attached hydrogen (secondary N) is 1. The van der Waals surface area contributed by atoms with Crippen LogP contribution < -0.4 is 10.1 Å². The van der Waals surface area contributed by atoms with E-state index in [0.717, 1.165) is 5.69 Å². The molecular weight excluding hydrogens is 307 g/mol. The summed E-state index contributed by atoms with van der Waals surface area (Å²) in [5, 5.41) is 5.88. The van der Waals surface area contributed by atoms with Crippen LogP contribution in [0.4, 0.5) is 5.13 Å². The molecular formula is C12H10Cl2N2O2S. The summed E-state index contributed by atoms with van der Waals surface area (Å²) >= 11 is 13.0. The minimum absolute atomic E-state index is 0.114. The average Bonchev–Trinajstić information content (AvgIpc) is 2.76. The number of benzene rings is 1. The monoisotopic (exact) mass is 316 g/mol. The number of nitrogens with zero attached hydrogens (tertiary/aromatic N) is 1. The molecule has 1 aromatic carbocycles. The van der Waals surface area contributed by atoms with Gasteiger partial charge >= 0.3 is 0 Å². The second-order valence-corrected chi connectivity index (χ2v) is 5.38. The van der Waals surface area contributed by atoms with E-state index in [1.54, 1.807) is 18.2 Å². The number of ether oxygens (including phenoxy) is 1. The van der Waals surface area contributed by atoms with Crippen LogP contribution in [0.1, 0.15) is 5.69 Å². The van der Waals surface area contributed by atoms with Crippen LogP contribution in [-0.2, 0) is 4.79 Å². The van der Waals surface area contributed by atoms with Crippen LogP contribution in [0.15, 0.2) is 23.6 Å². The van der Waals surface area contributed by atoms with Gasteiger partial charge in [-0.05, 0) is 19.1 Å². The molecule has 0 saturated carbocycles. The number of carbonyl (C=O) groups is 1. The minimum Gasteiger partial charge on any atom is -0.484 e. The Hall–Kier alpha value is -1.30. The topological polar surface area (TPSA) is 51.2 Å². The first-order chi connectivity index (χ1) is 9.04. The molecule has 2 rings (SSSR count). The Morgan fingerprint density at radius 3 is 2.84 bits per heavy atom. The maximum atomic E-state index is 11.6. The number of halogens is 2. The van der Waals surface area contributed by atoms with E-state index in [1.165, 1.54) is 11.3 Å². The van der Waals surface area contributed by atoms with Crippen molar-refractivity contribution < 1.29 is 9.53 Å². The molecule has 1 amide bonds. The standard InChI is InChI=1S/C12H10Cl2N2O2S/c1-7-6-19-12(15-7)16-11(17)5-18-8-2-3-9(13)10(14)4-8/h2-4,6H,5H2,1H3,(H,15,16,17). The van der Waals surface area contributed by atoms with Crippen molar-refractivity contribution in [2.24, 2.45) is 0 Å². The third-order valence-corrected chi connectivity index (χ3v) is 3.74. The van der Waals surface area contributed by atoms with Crippen molar-refractivity contribution in [3.8, 4) is 5.75 Å². The van der Waals surface area contributed by atoms with E-state index in [0.29, 0.717) is 20.9 Å². The Morgan fingerprint density at radius 1 is 1.42 bits per heavy atom. The van der Waals surface area contributed by atoms with E-state index in [-0.39, 0.29) is 12.5 Å². The van der Waals surface area contributed by atoms with E-state index in [9.17, 15) is 4.79 Å². The molecule has 0 fully saturated rings. The van der Waals surface area contributed by atoms with Crippen molar-refractivity contribution in [1.82, 2.24) is 4.98 Å². The van der Waals surface area contributed by atoms with Crippen LogP contribution in [0.2, 0.25) is 10.0 Å². The molecule has 1 aromatic heterocycles. The van der Waals surface area contributed by atoms with Crippen LogP contribution in [0, 0.1) is 6.92 Å². The normalized spacial score (nSPS) is 10.3. The SMILES string of the molecule is Cc1csc(NC(=O)COc2ccc(Cl)c(Cl)c2)n1. The molecule has 1 heterocycles. The Bertz CT molecular complexity index is 601. The number of hydrogen-bond acceptors (Lipinski definition) is 4. The molecule has 0 atom stereocenters. The Labute approximate surface area is 124 Å². The minimum atomic E-state index is -0.277. The number of rotatable bonds is 4. The zero-order valence-electron chi connectivity index (χ0n) is 9.94. The fourth-order valence-corrected chi connectivity index (χ4v) is 2.27. The van der Waals surface area contributed by atoms with E-state index in [4.69, 9.17) is 27.9 Å².